The Morgan fingerprint density at radius 1 is 1.59 bits per heavy atom. The summed E-state index contributed by atoms with van der Waals surface area (Å²) in [6.07, 6.45) is 0.719. The summed E-state index contributed by atoms with van der Waals surface area (Å²) in [5, 5.41) is 8.86. The standard InChI is InChI=1S/C13H15FO3/c1-2-17-13(16)11-6-10(11)8-3-4-9(7-15)12(14)5-8/h3-5,10-11,15H,2,6-7H2,1H3/t10?,11-/m0/s1. The van der Waals surface area contributed by atoms with Gasteiger partial charge in [0, 0.05) is 5.56 Å². The van der Waals surface area contributed by atoms with Crippen LogP contribution in [0.1, 0.15) is 30.4 Å². The molecular formula is C13H15FO3. The maximum atomic E-state index is 13.4. The van der Waals surface area contributed by atoms with Crippen molar-refractivity contribution in [1.29, 1.82) is 0 Å². The first-order chi connectivity index (χ1) is 8.17. The summed E-state index contributed by atoms with van der Waals surface area (Å²) in [6, 6.07) is 4.72. The number of ether oxygens (including phenoxy) is 1. The Labute approximate surface area is 99.2 Å². The van der Waals surface area contributed by atoms with Crippen LogP contribution in [-0.4, -0.2) is 17.7 Å². The highest BCUT2D eigenvalue weighted by molar-refractivity contribution is 5.77. The van der Waals surface area contributed by atoms with Gasteiger partial charge in [-0.1, -0.05) is 12.1 Å². The number of halogens is 1. The van der Waals surface area contributed by atoms with Gasteiger partial charge in [0.25, 0.3) is 0 Å². The second kappa shape index (κ2) is 4.84. The van der Waals surface area contributed by atoms with Gasteiger partial charge < -0.3 is 9.84 Å². The van der Waals surface area contributed by atoms with Gasteiger partial charge in [0.05, 0.1) is 19.1 Å². The molecule has 0 saturated heterocycles. The van der Waals surface area contributed by atoms with Crippen LogP contribution in [0.15, 0.2) is 18.2 Å². The number of aliphatic hydroxyl groups is 1. The molecule has 0 aliphatic heterocycles. The van der Waals surface area contributed by atoms with Crippen molar-refractivity contribution in [2.75, 3.05) is 6.61 Å². The lowest BCUT2D eigenvalue weighted by molar-refractivity contribution is -0.144. The number of benzene rings is 1. The van der Waals surface area contributed by atoms with Crippen LogP contribution in [0.2, 0.25) is 0 Å². The predicted octanol–water partition coefficient (Wildman–Crippen LogP) is 1.98. The first-order valence-electron chi connectivity index (χ1n) is 5.73. The van der Waals surface area contributed by atoms with Gasteiger partial charge in [0.1, 0.15) is 5.82 Å². The molecule has 3 nitrogen and oxygen atoms in total. The molecule has 0 radical (unpaired) electrons. The first kappa shape index (κ1) is 12.0. The number of hydrogen-bond donors (Lipinski definition) is 1. The number of esters is 1. The van der Waals surface area contributed by atoms with E-state index in [0.717, 1.165) is 12.0 Å². The lowest BCUT2D eigenvalue weighted by Gasteiger charge is -2.04. The summed E-state index contributed by atoms with van der Waals surface area (Å²) in [5.41, 5.74) is 1.08. The molecule has 2 atom stereocenters. The molecule has 0 aromatic heterocycles. The Morgan fingerprint density at radius 3 is 2.94 bits per heavy atom. The second-order valence-electron chi connectivity index (χ2n) is 4.21. The molecule has 1 unspecified atom stereocenters. The first-order valence-corrected chi connectivity index (χ1v) is 5.73. The van der Waals surface area contributed by atoms with Crippen molar-refractivity contribution in [3.8, 4) is 0 Å². The van der Waals surface area contributed by atoms with Crippen LogP contribution < -0.4 is 0 Å². The van der Waals surface area contributed by atoms with Crippen LogP contribution in [0, 0.1) is 11.7 Å². The fraction of sp³-hybridized carbons (Fsp3) is 0.462. The third-order valence-corrected chi connectivity index (χ3v) is 3.06. The van der Waals surface area contributed by atoms with Gasteiger partial charge in [-0.05, 0) is 30.9 Å². The van der Waals surface area contributed by atoms with Crippen LogP contribution in [0.5, 0.6) is 0 Å². The average molecular weight is 238 g/mol. The zero-order chi connectivity index (χ0) is 12.4. The summed E-state index contributed by atoms with van der Waals surface area (Å²) in [5.74, 6) is -0.686. The predicted molar refractivity (Wildman–Crippen MR) is 59.8 cm³/mol. The monoisotopic (exact) mass is 238 g/mol. The fourth-order valence-electron chi connectivity index (χ4n) is 2.00. The van der Waals surface area contributed by atoms with Crippen molar-refractivity contribution in [1.82, 2.24) is 0 Å². The number of aliphatic hydroxyl groups excluding tert-OH is 1. The van der Waals surface area contributed by atoms with Gasteiger partial charge in [0.15, 0.2) is 0 Å². The highest BCUT2D eigenvalue weighted by atomic mass is 19.1. The number of carbonyl (C=O) groups excluding carboxylic acids is 1. The van der Waals surface area contributed by atoms with Gasteiger partial charge in [0.2, 0.25) is 0 Å². The lowest BCUT2D eigenvalue weighted by Crippen LogP contribution is -2.07. The molecule has 1 aliphatic rings. The molecule has 1 aromatic rings. The Balaban J connectivity index is 2.06. The number of rotatable bonds is 4. The Kier molecular flexibility index (Phi) is 3.43. The minimum Gasteiger partial charge on any atom is -0.466 e. The van der Waals surface area contributed by atoms with Crippen molar-refractivity contribution in [3.05, 3.63) is 35.1 Å². The van der Waals surface area contributed by atoms with Crippen LogP contribution in [0.25, 0.3) is 0 Å². The highest BCUT2D eigenvalue weighted by Gasteiger charge is 2.45. The summed E-state index contributed by atoms with van der Waals surface area (Å²) in [6.45, 7) is 1.84. The molecule has 0 amide bonds. The van der Waals surface area contributed by atoms with Crippen LogP contribution in [0.4, 0.5) is 4.39 Å². The topological polar surface area (TPSA) is 46.5 Å². The van der Waals surface area contributed by atoms with Crippen molar-refractivity contribution in [3.63, 3.8) is 0 Å². The Bertz CT molecular complexity index is 431. The molecule has 1 aromatic carbocycles. The van der Waals surface area contributed by atoms with E-state index < -0.39 is 5.82 Å². The van der Waals surface area contributed by atoms with Crippen molar-refractivity contribution in [2.45, 2.75) is 25.9 Å². The van der Waals surface area contributed by atoms with E-state index in [0.29, 0.717) is 6.61 Å². The summed E-state index contributed by atoms with van der Waals surface area (Å²) in [4.78, 5) is 11.4. The smallest absolute Gasteiger partial charge is 0.309 e. The zero-order valence-corrected chi connectivity index (χ0v) is 9.65. The minimum absolute atomic E-state index is 0.0660. The van der Waals surface area contributed by atoms with Gasteiger partial charge in [-0.15, -0.1) is 0 Å². The molecule has 1 fully saturated rings. The van der Waals surface area contributed by atoms with Gasteiger partial charge in [-0.25, -0.2) is 4.39 Å². The van der Waals surface area contributed by atoms with E-state index in [1.165, 1.54) is 6.07 Å². The van der Waals surface area contributed by atoms with Gasteiger partial charge in [-0.2, -0.15) is 0 Å². The molecule has 92 valence electrons. The molecule has 2 rings (SSSR count). The average Bonchev–Trinajstić information content (AvgIpc) is 3.09. The van der Waals surface area contributed by atoms with E-state index in [1.54, 1.807) is 19.1 Å². The maximum Gasteiger partial charge on any atom is 0.309 e. The van der Waals surface area contributed by atoms with E-state index in [4.69, 9.17) is 9.84 Å². The zero-order valence-electron chi connectivity index (χ0n) is 9.65. The molecule has 0 spiro atoms. The van der Waals surface area contributed by atoms with Crippen LogP contribution >= 0.6 is 0 Å². The van der Waals surface area contributed by atoms with Crippen molar-refractivity contribution >= 4 is 5.97 Å². The lowest BCUT2D eigenvalue weighted by atomic mass is 10.1. The Morgan fingerprint density at radius 2 is 2.35 bits per heavy atom. The molecule has 0 bridgehead atoms. The maximum absolute atomic E-state index is 13.4. The van der Waals surface area contributed by atoms with Crippen molar-refractivity contribution < 1.29 is 19.0 Å². The van der Waals surface area contributed by atoms with Crippen LogP contribution in [0.3, 0.4) is 0 Å². The fourth-order valence-corrected chi connectivity index (χ4v) is 2.00. The molecule has 4 heteroatoms. The summed E-state index contributed by atoms with van der Waals surface area (Å²) >= 11 is 0. The number of hydrogen-bond acceptors (Lipinski definition) is 3. The van der Waals surface area contributed by atoms with Gasteiger partial charge in [-0.3, -0.25) is 4.79 Å². The summed E-state index contributed by atoms with van der Waals surface area (Å²) < 4.78 is 18.4. The van der Waals surface area contributed by atoms with Gasteiger partial charge >= 0.3 is 5.97 Å². The Hall–Kier alpha value is -1.42. The molecule has 17 heavy (non-hydrogen) atoms. The van der Waals surface area contributed by atoms with E-state index in [2.05, 4.69) is 0 Å². The number of carbonyl (C=O) groups is 1. The van der Waals surface area contributed by atoms with E-state index in [9.17, 15) is 9.18 Å². The second-order valence-corrected chi connectivity index (χ2v) is 4.21. The summed E-state index contributed by atoms with van der Waals surface area (Å²) in [7, 11) is 0. The minimum atomic E-state index is -0.417. The third-order valence-electron chi connectivity index (χ3n) is 3.06. The quantitative estimate of drug-likeness (QED) is 0.816. The molecule has 1 saturated carbocycles. The largest absolute Gasteiger partial charge is 0.466 e. The van der Waals surface area contributed by atoms with E-state index in [1.807, 2.05) is 0 Å². The van der Waals surface area contributed by atoms with Crippen molar-refractivity contribution in [2.24, 2.45) is 5.92 Å². The highest BCUT2D eigenvalue weighted by Crippen LogP contribution is 2.48. The molecule has 1 aliphatic carbocycles. The molecular weight excluding hydrogens is 223 g/mol. The van der Waals surface area contributed by atoms with Crippen LogP contribution in [-0.2, 0) is 16.1 Å². The SMILES string of the molecule is CCOC(=O)[C@H]1CC1c1ccc(CO)c(F)c1. The van der Waals surface area contributed by atoms with E-state index in [-0.39, 0.29) is 30.0 Å². The normalized spacial score (nSPS) is 22.3. The third kappa shape index (κ3) is 2.47. The molecule has 0 heterocycles. The van der Waals surface area contributed by atoms with E-state index >= 15 is 0 Å². The molecule has 1 N–H and O–H groups in total.